The molecule has 9 nitrogen and oxygen atoms in total. The van der Waals surface area contributed by atoms with Crippen LogP contribution >= 0.6 is 0 Å². The maximum absolute atomic E-state index is 11.5. The molecule has 0 aromatic carbocycles. The third kappa shape index (κ3) is 4.59. The van der Waals surface area contributed by atoms with E-state index in [0.717, 1.165) is 13.4 Å². The van der Waals surface area contributed by atoms with Gasteiger partial charge >= 0.3 is 12.1 Å². The number of hydrogen-bond donors (Lipinski definition) is 1. The monoisotopic (exact) mass is 285 g/mol. The lowest BCUT2D eigenvalue weighted by molar-refractivity contribution is -0.132. The molecular weight excluding hydrogens is 270 g/mol. The molecule has 9 heteroatoms. The number of aromatic nitrogens is 1. The first-order valence-electron chi connectivity index (χ1n) is 5.50. The highest BCUT2D eigenvalue weighted by Gasteiger charge is 2.22. The van der Waals surface area contributed by atoms with Gasteiger partial charge in [-0.25, -0.2) is 9.59 Å². The Kier molecular flexibility index (Phi) is 4.68. The number of hydrogen-bond acceptors (Lipinski definition) is 9. The zero-order valence-electron chi connectivity index (χ0n) is 11.5. The van der Waals surface area contributed by atoms with Crippen molar-refractivity contribution in [3.05, 3.63) is 12.0 Å². The third-order valence-electron chi connectivity index (χ3n) is 1.74. The van der Waals surface area contributed by atoms with Gasteiger partial charge in [-0.05, 0) is 20.8 Å². The summed E-state index contributed by atoms with van der Waals surface area (Å²) in [5.41, 5.74) is 4.12. The number of rotatable bonds is 3. The lowest BCUT2D eigenvalue weighted by Gasteiger charge is -2.17. The average Bonchev–Trinajstić information content (AvgIpc) is 2.73. The van der Waals surface area contributed by atoms with Crippen molar-refractivity contribution in [2.24, 2.45) is 5.16 Å². The summed E-state index contributed by atoms with van der Waals surface area (Å²) < 4.78 is 14.1. The van der Waals surface area contributed by atoms with E-state index in [0.29, 0.717) is 0 Å². The van der Waals surface area contributed by atoms with Gasteiger partial charge in [0.05, 0.1) is 7.11 Å². The molecule has 0 saturated heterocycles. The van der Waals surface area contributed by atoms with E-state index in [9.17, 15) is 9.59 Å². The van der Waals surface area contributed by atoms with Gasteiger partial charge in [0.2, 0.25) is 5.71 Å². The maximum Gasteiger partial charge on any atom is 0.535 e. The van der Waals surface area contributed by atoms with Crippen LogP contribution in [-0.4, -0.2) is 35.5 Å². The zero-order chi connectivity index (χ0) is 15.3. The number of nitrogens with zero attached hydrogens (tertiary/aromatic N) is 2. The average molecular weight is 285 g/mol. The van der Waals surface area contributed by atoms with E-state index >= 15 is 0 Å². The Hall–Kier alpha value is -2.58. The number of methoxy groups -OCH3 is 1. The number of anilines is 1. The minimum absolute atomic E-state index is 0.0297. The minimum atomic E-state index is -1.07. The molecule has 0 unspecified atom stereocenters. The molecule has 0 atom stereocenters. The van der Waals surface area contributed by atoms with Crippen LogP contribution in [0.5, 0.6) is 0 Å². The van der Waals surface area contributed by atoms with Crippen molar-refractivity contribution < 1.29 is 28.3 Å². The van der Waals surface area contributed by atoms with Crippen molar-refractivity contribution >= 4 is 23.9 Å². The quantitative estimate of drug-likeness (QED) is 0.378. The van der Waals surface area contributed by atoms with Crippen molar-refractivity contribution in [2.45, 2.75) is 26.4 Å². The van der Waals surface area contributed by atoms with Crippen LogP contribution in [0.15, 0.2) is 15.8 Å². The summed E-state index contributed by atoms with van der Waals surface area (Å²) in [6.07, 6.45) is -0.000777. The van der Waals surface area contributed by atoms with Crippen LogP contribution in [-0.2, 0) is 19.1 Å². The molecule has 0 aliphatic rings. The standard InChI is InChI=1S/C11H15N3O6/c1-11(2,3)19-10(16)20-14-7(8(15)17-4)6-5-18-9(12)13-6/h5H,1-4H3,(H2,12,13). The minimum Gasteiger partial charge on any atom is -0.464 e. The van der Waals surface area contributed by atoms with Gasteiger partial charge in [-0.15, -0.1) is 0 Å². The van der Waals surface area contributed by atoms with Gasteiger partial charge in [-0.3, -0.25) is 4.84 Å². The Morgan fingerprint density at radius 2 is 2.05 bits per heavy atom. The predicted molar refractivity (Wildman–Crippen MR) is 66.8 cm³/mol. The normalized spacial score (nSPS) is 11.9. The second kappa shape index (κ2) is 6.04. The zero-order valence-corrected chi connectivity index (χ0v) is 11.5. The smallest absolute Gasteiger partial charge is 0.464 e. The third-order valence-corrected chi connectivity index (χ3v) is 1.74. The molecule has 0 aliphatic heterocycles. The van der Waals surface area contributed by atoms with Gasteiger partial charge in [0.25, 0.3) is 6.01 Å². The molecule has 2 N–H and O–H groups in total. The highest BCUT2D eigenvalue weighted by atomic mass is 16.8. The van der Waals surface area contributed by atoms with Gasteiger partial charge in [-0.2, -0.15) is 4.98 Å². The van der Waals surface area contributed by atoms with E-state index in [1.807, 2.05) is 0 Å². The van der Waals surface area contributed by atoms with Gasteiger partial charge in [-0.1, -0.05) is 5.16 Å². The van der Waals surface area contributed by atoms with Gasteiger partial charge in [0, 0.05) is 0 Å². The van der Waals surface area contributed by atoms with Crippen molar-refractivity contribution in [1.82, 2.24) is 4.98 Å². The fourth-order valence-corrected chi connectivity index (χ4v) is 1.03. The first kappa shape index (κ1) is 15.5. The topological polar surface area (TPSA) is 126 Å². The van der Waals surface area contributed by atoms with E-state index in [1.165, 1.54) is 0 Å². The fourth-order valence-electron chi connectivity index (χ4n) is 1.03. The predicted octanol–water partition coefficient (Wildman–Crippen LogP) is 1.09. The van der Waals surface area contributed by atoms with E-state index in [-0.39, 0.29) is 17.4 Å². The molecule has 0 radical (unpaired) electrons. The molecular formula is C11H15N3O6. The Morgan fingerprint density at radius 1 is 1.40 bits per heavy atom. The molecule has 0 bridgehead atoms. The lowest BCUT2D eigenvalue weighted by Crippen LogP contribution is -2.24. The van der Waals surface area contributed by atoms with E-state index in [4.69, 9.17) is 14.9 Å². The number of esters is 1. The van der Waals surface area contributed by atoms with Crippen LogP contribution in [0, 0.1) is 0 Å². The molecule has 0 saturated carbocycles. The summed E-state index contributed by atoms with van der Waals surface area (Å²) in [4.78, 5) is 31.0. The van der Waals surface area contributed by atoms with Crippen LogP contribution in [0.4, 0.5) is 10.8 Å². The molecule has 1 aromatic heterocycles. The van der Waals surface area contributed by atoms with Crippen LogP contribution in [0.2, 0.25) is 0 Å². The number of carbonyl (C=O) groups excluding carboxylic acids is 2. The summed E-state index contributed by atoms with van der Waals surface area (Å²) in [6, 6.07) is -0.172. The highest BCUT2D eigenvalue weighted by Crippen LogP contribution is 2.10. The molecule has 0 spiro atoms. The molecule has 1 aromatic rings. The van der Waals surface area contributed by atoms with Crippen LogP contribution < -0.4 is 5.73 Å². The molecule has 20 heavy (non-hydrogen) atoms. The Bertz CT molecular complexity index is 529. The Labute approximate surface area is 114 Å². The largest absolute Gasteiger partial charge is 0.535 e. The number of nitrogen functional groups attached to an aromatic ring is 1. The highest BCUT2D eigenvalue weighted by molar-refractivity contribution is 6.42. The first-order valence-corrected chi connectivity index (χ1v) is 5.50. The Balaban J connectivity index is 2.87. The van der Waals surface area contributed by atoms with E-state index in [2.05, 4.69) is 19.7 Å². The van der Waals surface area contributed by atoms with E-state index in [1.54, 1.807) is 20.8 Å². The summed E-state index contributed by atoms with van der Waals surface area (Å²) in [5.74, 6) is -0.873. The van der Waals surface area contributed by atoms with Crippen LogP contribution in [0.3, 0.4) is 0 Å². The summed E-state index contributed by atoms with van der Waals surface area (Å²) in [5, 5.41) is 3.35. The number of carbonyl (C=O) groups is 2. The number of oxime groups is 1. The number of oxazole rings is 1. The van der Waals surface area contributed by atoms with Gasteiger partial charge in [0.1, 0.15) is 17.6 Å². The van der Waals surface area contributed by atoms with Gasteiger partial charge in [0.15, 0.2) is 0 Å². The summed E-state index contributed by atoms with van der Waals surface area (Å²) in [7, 11) is 1.13. The molecule has 110 valence electrons. The summed E-state index contributed by atoms with van der Waals surface area (Å²) >= 11 is 0. The summed E-state index contributed by atoms with van der Waals surface area (Å²) in [6.45, 7) is 4.95. The lowest BCUT2D eigenvalue weighted by atomic mass is 10.2. The van der Waals surface area contributed by atoms with Crippen LogP contribution in [0.25, 0.3) is 0 Å². The first-order chi connectivity index (χ1) is 9.23. The molecule has 0 amide bonds. The second-order valence-electron chi connectivity index (χ2n) is 4.56. The van der Waals surface area contributed by atoms with Gasteiger partial charge < -0.3 is 19.6 Å². The van der Waals surface area contributed by atoms with Crippen LogP contribution in [0.1, 0.15) is 26.5 Å². The van der Waals surface area contributed by atoms with E-state index < -0.39 is 17.7 Å². The van der Waals surface area contributed by atoms with Crippen molar-refractivity contribution in [3.8, 4) is 0 Å². The molecule has 0 fully saturated rings. The second-order valence-corrected chi connectivity index (χ2v) is 4.56. The number of ether oxygens (including phenoxy) is 2. The SMILES string of the molecule is COC(=O)C(=NOC(=O)OC(C)(C)C)c1coc(N)n1. The molecule has 0 aliphatic carbocycles. The maximum atomic E-state index is 11.5. The van der Waals surface area contributed by atoms with Crippen molar-refractivity contribution in [3.63, 3.8) is 0 Å². The fraction of sp³-hybridized carbons (Fsp3) is 0.455. The molecule has 1 rings (SSSR count). The van der Waals surface area contributed by atoms with Crippen molar-refractivity contribution in [2.75, 3.05) is 12.8 Å². The molecule has 1 heterocycles. The number of nitrogens with two attached hydrogens (primary N) is 1. The van der Waals surface area contributed by atoms with Crippen molar-refractivity contribution in [1.29, 1.82) is 0 Å². The Morgan fingerprint density at radius 3 is 2.50 bits per heavy atom.